The Balaban J connectivity index is 2.20. The van der Waals surface area contributed by atoms with Gasteiger partial charge in [-0.3, -0.25) is 4.79 Å². The van der Waals surface area contributed by atoms with Gasteiger partial charge >= 0.3 is 6.18 Å². The molecule has 1 atom stereocenters. The second kappa shape index (κ2) is 4.89. The highest BCUT2D eigenvalue weighted by molar-refractivity contribution is 6.30. The first-order valence-electron chi connectivity index (χ1n) is 6.66. The fraction of sp³-hybridized carbons (Fsp3) is 0.188. The molecule has 0 aromatic heterocycles. The highest BCUT2D eigenvalue weighted by Gasteiger charge is 2.46. The summed E-state index contributed by atoms with van der Waals surface area (Å²) in [4.78, 5) is 12.4. The van der Waals surface area contributed by atoms with Crippen molar-refractivity contribution < 1.29 is 23.1 Å². The summed E-state index contributed by atoms with van der Waals surface area (Å²) in [6.07, 6.45) is -4.50. The third-order valence-corrected chi connectivity index (χ3v) is 4.32. The van der Waals surface area contributed by atoms with Crippen LogP contribution in [0.15, 0.2) is 36.4 Å². The van der Waals surface area contributed by atoms with Gasteiger partial charge in [-0.15, -0.1) is 0 Å². The van der Waals surface area contributed by atoms with Gasteiger partial charge in [-0.05, 0) is 42.8 Å². The molecule has 0 radical (unpaired) electrons. The molecule has 1 amide bonds. The lowest BCUT2D eigenvalue weighted by Gasteiger charge is -2.24. The third kappa shape index (κ3) is 2.34. The quantitative estimate of drug-likeness (QED) is 0.811. The lowest BCUT2D eigenvalue weighted by atomic mass is 9.76. The number of amides is 1. The van der Waals surface area contributed by atoms with Crippen LogP contribution in [0, 0.1) is 0 Å². The van der Waals surface area contributed by atoms with Crippen LogP contribution in [0.1, 0.15) is 23.6 Å². The number of phenolic OH excluding ortho intramolecular Hbond substituents is 1. The number of carbonyl (C=O) groups excluding carboxylic acids is 1. The highest BCUT2D eigenvalue weighted by Crippen LogP contribution is 2.47. The molecule has 0 saturated heterocycles. The molecule has 0 bridgehead atoms. The summed E-state index contributed by atoms with van der Waals surface area (Å²) in [5.74, 6) is -0.677. The SMILES string of the molecule is C[C@@]1(c2cc(Cl)ccc2O)C(=O)Nc2cc(C(F)(F)F)ccc21. The molecule has 0 spiro atoms. The lowest BCUT2D eigenvalue weighted by molar-refractivity contribution is -0.137. The van der Waals surface area contributed by atoms with E-state index in [2.05, 4.69) is 5.32 Å². The maximum absolute atomic E-state index is 12.8. The van der Waals surface area contributed by atoms with E-state index in [0.717, 1.165) is 12.1 Å². The van der Waals surface area contributed by atoms with E-state index in [1.54, 1.807) is 0 Å². The van der Waals surface area contributed by atoms with Crippen molar-refractivity contribution in [1.29, 1.82) is 0 Å². The Morgan fingerprint density at radius 1 is 1.13 bits per heavy atom. The van der Waals surface area contributed by atoms with E-state index in [9.17, 15) is 23.1 Å². The smallest absolute Gasteiger partial charge is 0.416 e. The van der Waals surface area contributed by atoms with E-state index in [1.807, 2.05) is 0 Å². The second-order valence-electron chi connectivity index (χ2n) is 5.50. The van der Waals surface area contributed by atoms with E-state index in [1.165, 1.54) is 31.2 Å². The molecule has 2 N–H and O–H groups in total. The largest absolute Gasteiger partial charge is 0.508 e. The number of nitrogens with one attached hydrogen (secondary N) is 1. The number of alkyl halides is 3. The third-order valence-electron chi connectivity index (χ3n) is 4.09. The van der Waals surface area contributed by atoms with Gasteiger partial charge in [0.25, 0.3) is 0 Å². The minimum Gasteiger partial charge on any atom is -0.508 e. The van der Waals surface area contributed by atoms with E-state index in [4.69, 9.17) is 11.6 Å². The summed E-state index contributed by atoms with van der Waals surface area (Å²) in [5.41, 5.74) is -1.51. The van der Waals surface area contributed by atoms with Crippen LogP contribution in [0.2, 0.25) is 5.02 Å². The summed E-state index contributed by atoms with van der Waals surface area (Å²) in [7, 11) is 0. The number of anilines is 1. The van der Waals surface area contributed by atoms with Crippen LogP contribution in [0.3, 0.4) is 0 Å². The Kier molecular flexibility index (Phi) is 3.33. The predicted octanol–water partition coefficient (Wildman–Crippen LogP) is 4.32. The topological polar surface area (TPSA) is 49.3 Å². The fourth-order valence-electron chi connectivity index (χ4n) is 2.81. The maximum Gasteiger partial charge on any atom is 0.416 e. The molecule has 1 aliphatic heterocycles. The maximum atomic E-state index is 12.8. The van der Waals surface area contributed by atoms with Crippen molar-refractivity contribution in [3.8, 4) is 5.75 Å². The Morgan fingerprint density at radius 2 is 1.83 bits per heavy atom. The molecule has 1 heterocycles. The standard InChI is InChI=1S/C16H11ClF3NO2/c1-15(11-7-9(17)3-5-13(11)22)10-4-2-8(16(18,19)20)6-12(10)21-14(15)23/h2-7,22H,1H3,(H,21,23)/t15-/m1/s1. The Labute approximate surface area is 134 Å². The normalized spacial score (nSPS) is 20.3. The van der Waals surface area contributed by atoms with Crippen molar-refractivity contribution in [2.75, 3.05) is 5.32 Å². The Hall–Kier alpha value is -2.21. The zero-order valence-electron chi connectivity index (χ0n) is 11.8. The van der Waals surface area contributed by atoms with Gasteiger partial charge in [0.05, 0.1) is 5.56 Å². The Morgan fingerprint density at radius 3 is 2.48 bits per heavy atom. The van der Waals surface area contributed by atoms with Crippen molar-refractivity contribution in [3.05, 3.63) is 58.1 Å². The first kappa shape index (κ1) is 15.7. The molecular weight excluding hydrogens is 331 g/mol. The molecule has 2 aromatic rings. The molecule has 1 aliphatic rings. The van der Waals surface area contributed by atoms with Crippen LogP contribution in [-0.2, 0) is 16.4 Å². The lowest BCUT2D eigenvalue weighted by Crippen LogP contribution is -2.32. The van der Waals surface area contributed by atoms with Gasteiger partial charge in [0.1, 0.15) is 11.2 Å². The molecule has 23 heavy (non-hydrogen) atoms. The zero-order chi connectivity index (χ0) is 17.0. The number of rotatable bonds is 1. The number of carbonyl (C=O) groups is 1. The molecule has 0 saturated carbocycles. The van der Waals surface area contributed by atoms with E-state index >= 15 is 0 Å². The van der Waals surface area contributed by atoms with E-state index in [-0.39, 0.29) is 17.0 Å². The van der Waals surface area contributed by atoms with Crippen molar-refractivity contribution in [3.63, 3.8) is 0 Å². The van der Waals surface area contributed by atoms with Crippen LogP contribution in [0.5, 0.6) is 5.75 Å². The second-order valence-corrected chi connectivity index (χ2v) is 5.94. The first-order valence-corrected chi connectivity index (χ1v) is 7.04. The van der Waals surface area contributed by atoms with Crippen LogP contribution in [0.4, 0.5) is 18.9 Å². The van der Waals surface area contributed by atoms with Gasteiger partial charge in [0.2, 0.25) is 5.91 Å². The number of aromatic hydroxyl groups is 1. The summed E-state index contributed by atoms with van der Waals surface area (Å²) >= 11 is 5.93. The molecule has 3 rings (SSSR count). The molecule has 0 aliphatic carbocycles. The number of halogens is 4. The number of phenols is 1. The summed E-state index contributed by atoms with van der Waals surface area (Å²) in [5, 5.41) is 12.8. The average Bonchev–Trinajstić information content (AvgIpc) is 2.72. The molecule has 7 heteroatoms. The summed E-state index contributed by atoms with van der Waals surface area (Å²) in [6, 6.07) is 7.29. The van der Waals surface area contributed by atoms with Crippen LogP contribution in [0.25, 0.3) is 0 Å². The molecule has 2 aromatic carbocycles. The van der Waals surface area contributed by atoms with Crippen molar-refractivity contribution in [1.82, 2.24) is 0 Å². The highest BCUT2D eigenvalue weighted by atomic mass is 35.5. The van der Waals surface area contributed by atoms with Gasteiger partial charge in [-0.25, -0.2) is 0 Å². The van der Waals surface area contributed by atoms with Gasteiger partial charge < -0.3 is 10.4 Å². The van der Waals surface area contributed by atoms with Crippen LogP contribution < -0.4 is 5.32 Å². The van der Waals surface area contributed by atoms with Gasteiger partial charge in [-0.1, -0.05) is 17.7 Å². The van der Waals surface area contributed by atoms with Crippen LogP contribution >= 0.6 is 11.6 Å². The van der Waals surface area contributed by atoms with Gasteiger partial charge in [0.15, 0.2) is 0 Å². The molecular formula is C16H11ClF3NO2. The van der Waals surface area contributed by atoms with Crippen molar-refractivity contribution in [2.45, 2.75) is 18.5 Å². The van der Waals surface area contributed by atoms with Crippen LogP contribution in [-0.4, -0.2) is 11.0 Å². The molecule has 0 fully saturated rings. The first-order chi connectivity index (χ1) is 10.6. The van der Waals surface area contributed by atoms with Crippen molar-refractivity contribution in [2.24, 2.45) is 0 Å². The molecule has 0 unspecified atom stereocenters. The number of hydrogen-bond acceptors (Lipinski definition) is 2. The van der Waals surface area contributed by atoms with Gasteiger partial charge in [-0.2, -0.15) is 13.2 Å². The van der Waals surface area contributed by atoms with Gasteiger partial charge in [0, 0.05) is 16.3 Å². The minimum atomic E-state index is -4.50. The number of fused-ring (bicyclic) bond motifs is 1. The van der Waals surface area contributed by atoms with Crippen molar-refractivity contribution >= 4 is 23.2 Å². The minimum absolute atomic E-state index is 0.0756. The zero-order valence-corrected chi connectivity index (χ0v) is 12.6. The number of benzene rings is 2. The molecule has 120 valence electrons. The summed E-state index contributed by atoms with van der Waals surface area (Å²) < 4.78 is 38.4. The van der Waals surface area contributed by atoms with E-state index in [0.29, 0.717) is 10.6 Å². The monoisotopic (exact) mass is 341 g/mol. The average molecular weight is 342 g/mol. The predicted molar refractivity (Wildman–Crippen MR) is 79.6 cm³/mol. The Bertz CT molecular complexity index is 819. The fourth-order valence-corrected chi connectivity index (χ4v) is 2.98. The summed E-state index contributed by atoms with van der Waals surface area (Å²) in [6.45, 7) is 1.53. The number of hydrogen-bond donors (Lipinski definition) is 2. The molecule has 3 nitrogen and oxygen atoms in total. The van der Waals surface area contributed by atoms with E-state index < -0.39 is 23.1 Å².